The second-order valence-electron chi connectivity index (χ2n) is 4.16. The lowest BCUT2D eigenvalue weighted by Gasteiger charge is -1.98. The van der Waals surface area contributed by atoms with E-state index in [1.807, 2.05) is 12.1 Å². The Balaban J connectivity index is 2.25. The summed E-state index contributed by atoms with van der Waals surface area (Å²) < 4.78 is 2.21. The van der Waals surface area contributed by atoms with Gasteiger partial charge in [-0.1, -0.05) is 36.8 Å². The Bertz CT molecular complexity index is 592. The van der Waals surface area contributed by atoms with Gasteiger partial charge in [0.15, 0.2) is 5.82 Å². The number of aromatic nitrogens is 3. The molecule has 0 atom stereocenters. The third-order valence-electron chi connectivity index (χ3n) is 2.59. The number of rotatable bonds is 4. The number of aryl methyl sites for hydroxylation is 2. The second kappa shape index (κ2) is 5.73. The van der Waals surface area contributed by atoms with Crippen molar-refractivity contribution in [2.24, 2.45) is 5.10 Å². The molecule has 1 N–H and O–H groups in total. The van der Waals surface area contributed by atoms with Crippen LogP contribution in [0.15, 0.2) is 29.4 Å². The maximum atomic E-state index is 5.15. The molecule has 2 rings (SSSR count). The maximum absolute atomic E-state index is 5.15. The summed E-state index contributed by atoms with van der Waals surface area (Å²) in [5, 5.41) is 11.3. The molecule has 1 aromatic heterocycles. The zero-order valence-electron chi connectivity index (χ0n) is 10.6. The van der Waals surface area contributed by atoms with Crippen LogP contribution in [0.4, 0.5) is 0 Å². The smallest absolute Gasteiger partial charge is 0.216 e. The van der Waals surface area contributed by atoms with E-state index in [2.05, 4.69) is 41.3 Å². The summed E-state index contributed by atoms with van der Waals surface area (Å²) in [6, 6.07) is 8.18. The van der Waals surface area contributed by atoms with Crippen LogP contribution in [0.5, 0.6) is 0 Å². The lowest BCUT2D eigenvalue weighted by atomic mass is 10.2. The van der Waals surface area contributed by atoms with E-state index >= 15 is 0 Å². The van der Waals surface area contributed by atoms with Gasteiger partial charge in [-0.25, -0.2) is 0 Å². The van der Waals surface area contributed by atoms with E-state index in [4.69, 9.17) is 12.2 Å². The van der Waals surface area contributed by atoms with E-state index in [9.17, 15) is 0 Å². The highest BCUT2D eigenvalue weighted by molar-refractivity contribution is 7.71. The first-order valence-electron chi connectivity index (χ1n) is 5.98. The molecule has 1 aromatic carbocycles. The van der Waals surface area contributed by atoms with Gasteiger partial charge in [-0.3, -0.25) is 5.10 Å². The van der Waals surface area contributed by atoms with Gasteiger partial charge >= 0.3 is 0 Å². The normalized spacial score (nSPS) is 11.2. The van der Waals surface area contributed by atoms with Crippen LogP contribution in [0.1, 0.15) is 30.3 Å². The molecule has 1 heterocycles. The molecule has 0 bridgehead atoms. The van der Waals surface area contributed by atoms with Crippen molar-refractivity contribution in [3.8, 4) is 0 Å². The average Bonchev–Trinajstić information content (AvgIpc) is 2.71. The number of hydrogen-bond donors (Lipinski definition) is 1. The zero-order chi connectivity index (χ0) is 13.0. The second-order valence-corrected chi connectivity index (χ2v) is 4.55. The molecule has 0 amide bonds. The quantitative estimate of drug-likeness (QED) is 0.678. The van der Waals surface area contributed by atoms with Crippen molar-refractivity contribution in [2.45, 2.75) is 26.7 Å². The van der Waals surface area contributed by atoms with E-state index in [0.717, 1.165) is 24.2 Å². The van der Waals surface area contributed by atoms with Crippen LogP contribution in [0.3, 0.4) is 0 Å². The summed E-state index contributed by atoms with van der Waals surface area (Å²) in [5.74, 6) is 0.867. The van der Waals surface area contributed by atoms with E-state index < -0.39 is 0 Å². The van der Waals surface area contributed by atoms with Crippen molar-refractivity contribution >= 4 is 18.4 Å². The number of benzene rings is 1. The summed E-state index contributed by atoms with van der Waals surface area (Å²) >= 11 is 5.15. The minimum absolute atomic E-state index is 0.529. The fraction of sp³-hybridized carbons (Fsp3) is 0.308. The zero-order valence-corrected chi connectivity index (χ0v) is 11.4. The predicted molar refractivity (Wildman–Crippen MR) is 75.6 cm³/mol. The van der Waals surface area contributed by atoms with Crippen molar-refractivity contribution < 1.29 is 0 Å². The van der Waals surface area contributed by atoms with Gasteiger partial charge in [0.2, 0.25) is 4.77 Å². The number of H-pyrrole nitrogens is 1. The minimum Gasteiger partial charge on any atom is -0.250 e. The van der Waals surface area contributed by atoms with Gasteiger partial charge in [0.25, 0.3) is 0 Å². The summed E-state index contributed by atoms with van der Waals surface area (Å²) in [6.07, 6.45) is 3.67. The Morgan fingerprint density at radius 3 is 2.78 bits per heavy atom. The fourth-order valence-electron chi connectivity index (χ4n) is 1.61. The molecule has 0 aliphatic heterocycles. The van der Waals surface area contributed by atoms with Crippen LogP contribution < -0.4 is 0 Å². The van der Waals surface area contributed by atoms with Crippen molar-refractivity contribution in [1.29, 1.82) is 0 Å². The number of nitrogens with zero attached hydrogens (tertiary/aromatic N) is 3. The predicted octanol–water partition coefficient (Wildman–Crippen LogP) is 3.08. The van der Waals surface area contributed by atoms with Crippen LogP contribution in [0, 0.1) is 11.7 Å². The monoisotopic (exact) mass is 260 g/mol. The van der Waals surface area contributed by atoms with Gasteiger partial charge in [0.1, 0.15) is 0 Å². The van der Waals surface area contributed by atoms with Gasteiger partial charge in [0, 0.05) is 6.42 Å². The fourth-order valence-corrected chi connectivity index (χ4v) is 1.80. The molecule has 5 heteroatoms. The minimum atomic E-state index is 0.529. The van der Waals surface area contributed by atoms with E-state index in [-0.39, 0.29) is 0 Å². The molecule has 0 unspecified atom stereocenters. The highest BCUT2D eigenvalue weighted by Crippen LogP contribution is 2.03. The molecule has 0 fully saturated rings. The number of hydrogen-bond acceptors (Lipinski definition) is 3. The van der Waals surface area contributed by atoms with Gasteiger partial charge in [-0.2, -0.15) is 14.9 Å². The first-order chi connectivity index (χ1) is 8.70. The van der Waals surface area contributed by atoms with Gasteiger partial charge in [0.05, 0.1) is 6.21 Å². The summed E-state index contributed by atoms with van der Waals surface area (Å²) in [7, 11) is 0. The highest BCUT2D eigenvalue weighted by atomic mass is 32.1. The van der Waals surface area contributed by atoms with Crippen LogP contribution in [0.25, 0.3) is 0 Å². The Labute approximate surface area is 111 Å². The van der Waals surface area contributed by atoms with E-state index in [1.54, 1.807) is 10.9 Å². The molecule has 0 aliphatic carbocycles. The standard InChI is InChI=1S/C13H16N4S/c1-3-4-12-15-16-13(18)17(12)14-9-11-7-5-10(2)6-8-11/h5-9H,3-4H2,1-2H3,(H,16,18)/b14-9-. The molecule has 0 aliphatic rings. The van der Waals surface area contributed by atoms with Crippen LogP contribution in [-0.4, -0.2) is 21.1 Å². The largest absolute Gasteiger partial charge is 0.250 e. The summed E-state index contributed by atoms with van der Waals surface area (Å²) in [6.45, 7) is 4.16. The Morgan fingerprint density at radius 2 is 2.11 bits per heavy atom. The lowest BCUT2D eigenvalue weighted by molar-refractivity contribution is 0.740. The van der Waals surface area contributed by atoms with Crippen molar-refractivity contribution in [3.05, 3.63) is 46.0 Å². The molecule has 0 radical (unpaired) electrons. The third kappa shape index (κ3) is 2.92. The Hall–Kier alpha value is -1.75. The lowest BCUT2D eigenvalue weighted by Crippen LogP contribution is -1.98. The molecule has 18 heavy (non-hydrogen) atoms. The van der Waals surface area contributed by atoms with E-state index in [1.165, 1.54) is 5.56 Å². The highest BCUT2D eigenvalue weighted by Gasteiger charge is 2.02. The van der Waals surface area contributed by atoms with Gasteiger partial charge in [-0.15, -0.1) is 0 Å². The summed E-state index contributed by atoms with van der Waals surface area (Å²) in [5.41, 5.74) is 2.28. The van der Waals surface area contributed by atoms with Gasteiger partial charge in [-0.05, 0) is 31.1 Å². The molecule has 2 aromatic rings. The van der Waals surface area contributed by atoms with Gasteiger partial charge < -0.3 is 0 Å². The molecule has 4 nitrogen and oxygen atoms in total. The molecule has 0 saturated carbocycles. The van der Waals surface area contributed by atoms with Crippen molar-refractivity contribution in [2.75, 3.05) is 0 Å². The Morgan fingerprint density at radius 1 is 1.39 bits per heavy atom. The summed E-state index contributed by atoms with van der Waals surface area (Å²) in [4.78, 5) is 0. The van der Waals surface area contributed by atoms with Crippen molar-refractivity contribution in [1.82, 2.24) is 14.9 Å². The Kier molecular flexibility index (Phi) is 4.04. The van der Waals surface area contributed by atoms with Crippen LogP contribution in [-0.2, 0) is 6.42 Å². The maximum Gasteiger partial charge on any atom is 0.216 e. The molecule has 94 valence electrons. The number of aromatic amines is 1. The van der Waals surface area contributed by atoms with E-state index in [0.29, 0.717) is 4.77 Å². The molecular formula is C13H16N4S. The number of nitrogens with one attached hydrogen (secondary N) is 1. The molecular weight excluding hydrogens is 244 g/mol. The molecule has 0 spiro atoms. The van der Waals surface area contributed by atoms with Crippen LogP contribution >= 0.6 is 12.2 Å². The van der Waals surface area contributed by atoms with Crippen molar-refractivity contribution in [3.63, 3.8) is 0 Å². The SMILES string of the molecule is CCCc1n[nH]c(=S)n1/N=C\c1ccc(C)cc1. The average molecular weight is 260 g/mol. The third-order valence-corrected chi connectivity index (χ3v) is 2.85. The first kappa shape index (κ1) is 12.7. The molecule has 0 saturated heterocycles. The van der Waals surface area contributed by atoms with Crippen LogP contribution in [0.2, 0.25) is 0 Å². The topological polar surface area (TPSA) is 46.0 Å². The first-order valence-corrected chi connectivity index (χ1v) is 6.39.